The summed E-state index contributed by atoms with van der Waals surface area (Å²) in [4.78, 5) is 30.0. The molecule has 0 radical (unpaired) electrons. The van der Waals surface area contributed by atoms with Crippen LogP contribution in [0.5, 0.6) is 5.75 Å². The van der Waals surface area contributed by atoms with Crippen molar-refractivity contribution >= 4 is 28.5 Å². The van der Waals surface area contributed by atoms with Gasteiger partial charge in [0.15, 0.2) is 0 Å². The molecule has 0 aliphatic heterocycles. The molecule has 220 valence electrons. The van der Waals surface area contributed by atoms with Crippen LogP contribution in [0.15, 0.2) is 65.2 Å². The maximum absolute atomic E-state index is 13.5. The molecule has 1 saturated carbocycles. The fourth-order valence-electron chi connectivity index (χ4n) is 5.49. The SMILES string of the molecule is Cc1c(C(Nc2ccc(C(=O)NCCC(=O)OF)cc2)C2CCCCC2)oc2ccc(OCc3ccnc(F)c3)cc12. The van der Waals surface area contributed by atoms with Crippen LogP contribution in [0.1, 0.15) is 71.8 Å². The van der Waals surface area contributed by atoms with Crippen molar-refractivity contribution in [2.45, 2.75) is 58.1 Å². The number of amides is 1. The van der Waals surface area contributed by atoms with Crippen LogP contribution in [0.25, 0.3) is 11.0 Å². The monoisotopic (exact) mass is 577 g/mol. The minimum Gasteiger partial charge on any atom is -0.489 e. The topological polar surface area (TPSA) is 103 Å². The summed E-state index contributed by atoms with van der Waals surface area (Å²) in [5.41, 5.74) is 3.74. The Balaban J connectivity index is 1.33. The molecule has 8 nitrogen and oxygen atoms in total. The third-order valence-electron chi connectivity index (χ3n) is 7.71. The molecule has 2 N–H and O–H groups in total. The van der Waals surface area contributed by atoms with E-state index < -0.39 is 11.9 Å². The normalized spacial score (nSPS) is 14.4. The summed E-state index contributed by atoms with van der Waals surface area (Å²) in [5.74, 6) is -0.0419. The number of hydrogen-bond acceptors (Lipinski definition) is 7. The summed E-state index contributed by atoms with van der Waals surface area (Å²) >= 11 is 0. The van der Waals surface area contributed by atoms with Crippen molar-refractivity contribution in [2.24, 2.45) is 5.92 Å². The van der Waals surface area contributed by atoms with Gasteiger partial charge in [-0.25, -0.2) is 9.78 Å². The zero-order valence-electron chi connectivity index (χ0n) is 23.3. The van der Waals surface area contributed by atoms with Gasteiger partial charge < -0.3 is 19.8 Å². The Morgan fingerprint density at radius 1 is 1.07 bits per heavy atom. The largest absolute Gasteiger partial charge is 0.489 e. The molecule has 0 bridgehead atoms. The van der Waals surface area contributed by atoms with E-state index in [0.717, 1.165) is 53.7 Å². The predicted molar refractivity (Wildman–Crippen MR) is 153 cm³/mol. The molecule has 1 aliphatic rings. The highest BCUT2D eigenvalue weighted by molar-refractivity contribution is 5.94. The molecule has 1 unspecified atom stereocenters. The van der Waals surface area contributed by atoms with Crippen LogP contribution < -0.4 is 15.4 Å². The number of hydrogen-bond donors (Lipinski definition) is 2. The number of furan rings is 1. The molecule has 1 fully saturated rings. The lowest BCUT2D eigenvalue weighted by Crippen LogP contribution is -2.26. The summed E-state index contributed by atoms with van der Waals surface area (Å²) in [5, 5.41) is 7.20. The zero-order chi connectivity index (χ0) is 29.5. The quantitative estimate of drug-likeness (QED) is 0.183. The number of carbonyl (C=O) groups is 2. The van der Waals surface area contributed by atoms with Gasteiger partial charge in [0.05, 0.1) is 12.5 Å². The third kappa shape index (κ3) is 7.05. The van der Waals surface area contributed by atoms with Crippen molar-refractivity contribution in [3.63, 3.8) is 0 Å². The maximum atomic E-state index is 13.5. The number of aromatic nitrogens is 1. The van der Waals surface area contributed by atoms with Crippen molar-refractivity contribution in [1.82, 2.24) is 10.3 Å². The number of fused-ring (bicyclic) bond motifs is 1. The number of benzene rings is 2. The van der Waals surface area contributed by atoms with E-state index in [1.54, 1.807) is 18.2 Å². The molecular weight excluding hydrogens is 544 g/mol. The van der Waals surface area contributed by atoms with E-state index in [1.165, 1.54) is 18.7 Å². The lowest BCUT2D eigenvalue weighted by atomic mass is 9.82. The molecular formula is C32H33F2N3O5. The summed E-state index contributed by atoms with van der Waals surface area (Å²) in [7, 11) is 0. The molecule has 1 aliphatic carbocycles. The lowest BCUT2D eigenvalue weighted by molar-refractivity contribution is -0.183. The molecule has 2 heterocycles. The Hall–Kier alpha value is -4.47. The van der Waals surface area contributed by atoms with Crippen LogP contribution in [0.3, 0.4) is 0 Å². The van der Waals surface area contributed by atoms with Gasteiger partial charge in [0.2, 0.25) is 5.95 Å². The van der Waals surface area contributed by atoms with Gasteiger partial charge in [0.1, 0.15) is 23.7 Å². The second-order valence-corrected chi connectivity index (χ2v) is 10.6. The van der Waals surface area contributed by atoms with E-state index in [4.69, 9.17) is 9.15 Å². The smallest absolute Gasteiger partial charge is 0.350 e. The van der Waals surface area contributed by atoms with Gasteiger partial charge in [0.25, 0.3) is 5.91 Å². The number of carbonyl (C=O) groups excluding carboxylic acids is 2. The molecule has 2 aromatic carbocycles. The Bertz CT molecular complexity index is 1530. The number of pyridine rings is 1. The third-order valence-corrected chi connectivity index (χ3v) is 7.71. The number of nitrogens with one attached hydrogen (secondary N) is 2. The van der Waals surface area contributed by atoms with Crippen molar-refractivity contribution in [3.05, 3.63) is 89.2 Å². The lowest BCUT2D eigenvalue weighted by Gasteiger charge is -2.31. The van der Waals surface area contributed by atoms with Crippen molar-refractivity contribution in [2.75, 3.05) is 11.9 Å². The molecule has 2 aromatic heterocycles. The summed E-state index contributed by atoms with van der Waals surface area (Å²) in [6.45, 7) is 2.25. The number of aryl methyl sites for hydroxylation is 1. The first-order valence-corrected chi connectivity index (χ1v) is 14.1. The van der Waals surface area contributed by atoms with Gasteiger partial charge in [0, 0.05) is 39.5 Å². The summed E-state index contributed by atoms with van der Waals surface area (Å²) in [6, 6.07) is 15.8. The van der Waals surface area contributed by atoms with E-state index in [1.807, 2.05) is 37.3 Å². The molecule has 1 amide bonds. The van der Waals surface area contributed by atoms with Crippen molar-refractivity contribution in [3.8, 4) is 5.75 Å². The van der Waals surface area contributed by atoms with Crippen LogP contribution >= 0.6 is 0 Å². The zero-order valence-corrected chi connectivity index (χ0v) is 23.3. The molecule has 10 heteroatoms. The second kappa shape index (κ2) is 13.5. The molecule has 5 rings (SSSR count). The minimum absolute atomic E-state index is 0.0221. The van der Waals surface area contributed by atoms with E-state index >= 15 is 0 Å². The van der Waals surface area contributed by atoms with Crippen LogP contribution in [0.4, 0.5) is 14.6 Å². The maximum Gasteiger partial charge on any atom is 0.350 e. The number of nitrogens with zero attached hydrogens (tertiary/aromatic N) is 1. The van der Waals surface area contributed by atoms with Gasteiger partial charge in [-0.05, 0) is 85.8 Å². The first kappa shape index (κ1) is 29.0. The second-order valence-electron chi connectivity index (χ2n) is 10.6. The Labute approximate surface area is 242 Å². The summed E-state index contributed by atoms with van der Waals surface area (Å²) in [6.07, 6.45) is 6.85. The Morgan fingerprint density at radius 2 is 1.86 bits per heavy atom. The predicted octanol–water partition coefficient (Wildman–Crippen LogP) is 7.14. The van der Waals surface area contributed by atoms with Gasteiger partial charge in [-0.1, -0.05) is 19.3 Å². The molecule has 4 aromatic rings. The molecule has 0 saturated heterocycles. The van der Waals surface area contributed by atoms with Crippen LogP contribution in [-0.2, 0) is 16.3 Å². The highest BCUT2D eigenvalue weighted by Crippen LogP contribution is 2.41. The van der Waals surface area contributed by atoms with Crippen LogP contribution in [0, 0.1) is 18.8 Å². The van der Waals surface area contributed by atoms with Crippen LogP contribution in [-0.4, -0.2) is 23.4 Å². The number of rotatable bonds is 11. The Morgan fingerprint density at radius 3 is 2.60 bits per heavy atom. The Kier molecular flexibility index (Phi) is 9.31. The molecule has 1 atom stereocenters. The van der Waals surface area contributed by atoms with E-state index in [2.05, 4.69) is 20.6 Å². The van der Waals surface area contributed by atoms with Gasteiger partial charge in [-0.3, -0.25) is 9.74 Å². The average molecular weight is 578 g/mol. The molecule has 42 heavy (non-hydrogen) atoms. The highest BCUT2D eigenvalue weighted by atomic mass is 19.3. The van der Waals surface area contributed by atoms with E-state index in [-0.39, 0.29) is 31.5 Å². The summed E-state index contributed by atoms with van der Waals surface area (Å²) < 4.78 is 37.7. The van der Waals surface area contributed by atoms with E-state index in [9.17, 15) is 18.5 Å². The van der Waals surface area contributed by atoms with E-state index in [0.29, 0.717) is 22.8 Å². The van der Waals surface area contributed by atoms with Gasteiger partial charge in [-0.15, -0.1) is 0 Å². The van der Waals surface area contributed by atoms with Gasteiger partial charge in [-0.2, -0.15) is 4.39 Å². The average Bonchev–Trinajstić information content (AvgIpc) is 3.34. The number of ether oxygens (including phenoxy) is 1. The fraction of sp³-hybridized carbons (Fsp3) is 0.344. The van der Waals surface area contributed by atoms with Crippen LogP contribution in [0.2, 0.25) is 0 Å². The minimum atomic E-state index is -1.03. The number of anilines is 1. The fourth-order valence-corrected chi connectivity index (χ4v) is 5.49. The highest BCUT2D eigenvalue weighted by Gasteiger charge is 2.30. The number of halogens is 2. The van der Waals surface area contributed by atoms with Crippen molar-refractivity contribution < 1.29 is 32.6 Å². The first-order valence-electron chi connectivity index (χ1n) is 14.1. The standard InChI is InChI=1S/C32H33F2N3O5/c1-20-26-18-25(40-19-21-13-15-35-28(33)17-21)11-12-27(26)41-31(20)30(22-5-3-2-4-6-22)37-24-9-7-23(8-10-24)32(39)36-16-14-29(38)42-34/h7-13,15,17-18,22,30,37H,2-6,14,16,19H2,1H3,(H,36,39). The van der Waals surface area contributed by atoms with Crippen molar-refractivity contribution in [1.29, 1.82) is 0 Å². The first-order chi connectivity index (χ1) is 20.4. The van der Waals surface area contributed by atoms with Gasteiger partial charge >= 0.3 is 5.97 Å². The molecule has 0 spiro atoms.